The van der Waals surface area contributed by atoms with E-state index in [4.69, 9.17) is 4.74 Å². The molecule has 1 radical (unpaired) electrons. The number of hydrogen-bond donors (Lipinski definition) is 0. The fourth-order valence-corrected chi connectivity index (χ4v) is 1.85. The van der Waals surface area contributed by atoms with Crippen molar-refractivity contribution in [3.63, 3.8) is 0 Å². The van der Waals surface area contributed by atoms with Gasteiger partial charge in [0, 0.05) is 6.61 Å². The zero-order valence-electron chi connectivity index (χ0n) is 12.3. The van der Waals surface area contributed by atoms with Gasteiger partial charge in [0.15, 0.2) is 0 Å². The third-order valence-corrected chi connectivity index (χ3v) is 2.90. The van der Waals surface area contributed by atoms with Crippen molar-refractivity contribution in [3.8, 4) is 0 Å². The summed E-state index contributed by atoms with van der Waals surface area (Å²) >= 11 is 6.44. The molecule has 20 heavy (non-hydrogen) atoms. The molecule has 1 aromatic rings. The molecule has 111 valence electrons. The average molecular weight is 417 g/mol. The fraction of sp³-hybridized carbons (Fsp3) is 0.562. The van der Waals surface area contributed by atoms with Crippen LogP contribution in [0.2, 0.25) is 0 Å². The van der Waals surface area contributed by atoms with Crippen LogP contribution < -0.4 is 0 Å². The SMILES string of the molecule is [Br][Mg][Br].[CH2]CCCCCCCCOCc1ccccc1. The summed E-state index contributed by atoms with van der Waals surface area (Å²) in [5.74, 6) is 0. The number of benzene rings is 1. The lowest BCUT2D eigenvalue weighted by Crippen LogP contribution is -1.95. The summed E-state index contributed by atoms with van der Waals surface area (Å²) in [6.07, 6.45) is 8.89. The van der Waals surface area contributed by atoms with E-state index in [0.29, 0.717) is 0 Å². The minimum absolute atomic E-state index is 0.0417. The van der Waals surface area contributed by atoms with Gasteiger partial charge in [0.25, 0.3) is 0 Å². The van der Waals surface area contributed by atoms with Crippen molar-refractivity contribution < 1.29 is 4.74 Å². The van der Waals surface area contributed by atoms with Gasteiger partial charge in [0.05, 0.1) is 6.61 Å². The van der Waals surface area contributed by atoms with E-state index in [1.54, 1.807) is 0 Å². The standard InChI is InChI=1S/C16H25O.2BrH.Mg/c1-2-3-4-5-6-7-11-14-17-15-16-12-9-8-10-13-16;;;/h8-10,12-13H,1-7,11,14-15H2;2*1H;/q;;;+2/p-2. The molecule has 0 saturated carbocycles. The van der Waals surface area contributed by atoms with E-state index in [1.807, 2.05) is 6.07 Å². The quantitative estimate of drug-likeness (QED) is 0.331. The molecule has 0 bridgehead atoms. The molecule has 0 saturated heterocycles. The molecular weight excluding hydrogens is 392 g/mol. The van der Waals surface area contributed by atoms with Gasteiger partial charge in [-0.1, -0.05) is 75.8 Å². The van der Waals surface area contributed by atoms with Crippen LogP contribution in [0, 0.1) is 6.92 Å². The molecular formula is C16H25Br2MgO. The highest BCUT2D eigenvalue weighted by molar-refractivity contribution is 9.47. The number of unbranched alkanes of at least 4 members (excludes halogenated alkanes) is 6. The summed E-state index contributed by atoms with van der Waals surface area (Å²) in [7, 11) is 0. The van der Waals surface area contributed by atoms with Crippen LogP contribution in [0.5, 0.6) is 0 Å². The first-order valence-electron chi connectivity index (χ1n) is 7.38. The number of ether oxygens (including phenoxy) is 1. The Labute approximate surface area is 146 Å². The molecule has 0 heterocycles. The maximum absolute atomic E-state index is 5.64. The predicted octanol–water partition coefficient (Wildman–Crippen LogP) is 6.08. The normalized spacial score (nSPS) is 9.55. The largest absolute Gasteiger partial charge is 0.560 e. The third-order valence-electron chi connectivity index (χ3n) is 2.90. The van der Waals surface area contributed by atoms with E-state index >= 15 is 0 Å². The van der Waals surface area contributed by atoms with Crippen molar-refractivity contribution in [2.75, 3.05) is 6.61 Å². The second-order valence-electron chi connectivity index (χ2n) is 4.61. The molecule has 1 aromatic carbocycles. The lowest BCUT2D eigenvalue weighted by molar-refractivity contribution is 0.116. The van der Waals surface area contributed by atoms with Crippen LogP contribution in [0.25, 0.3) is 0 Å². The monoisotopic (exact) mass is 415 g/mol. The van der Waals surface area contributed by atoms with Gasteiger partial charge in [-0.15, -0.1) is 0 Å². The lowest BCUT2D eigenvalue weighted by atomic mass is 10.1. The van der Waals surface area contributed by atoms with Gasteiger partial charge in [-0.2, -0.15) is 0 Å². The second kappa shape index (κ2) is 18.0. The van der Waals surface area contributed by atoms with Gasteiger partial charge in [0.1, 0.15) is 0 Å². The van der Waals surface area contributed by atoms with Crippen molar-refractivity contribution in [3.05, 3.63) is 42.8 Å². The van der Waals surface area contributed by atoms with Gasteiger partial charge >= 0.3 is 16.0 Å². The van der Waals surface area contributed by atoms with Crippen LogP contribution in [0.1, 0.15) is 50.5 Å². The molecule has 0 spiro atoms. The average Bonchev–Trinajstić information content (AvgIpc) is 2.47. The van der Waals surface area contributed by atoms with Crippen molar-refractivity contribution in [2.24, 2.45) is 0 Å². The Balaban J connectivity index is 0.00000110. The van der Waals surface area contributed by atoms with E-state index in [1.165, 1.54) is 44.1 Å². The maximum atomic E-state index is 5.64. The first-order valence-corrected chi connectivity index (χ1v) is 15.2. The molecule has 0 unspecified atom stereocenters. The Morgan fingerprint density at radius 2 is 1.45 bits per heavy atom. The zero-order valence-corrected chi connectivity index (χ0v) is 16.9. The Bertz CT molecular complexity index is 283. The molecule has 0 aliphatic carbocycles. The first kappa shape index (κ1) is 20.9. The zero-order chi connectivity index (χ0) is 14.9. The molecule has 1 rings (SSSR count). The van der Waals surface area contributed by atoms with E-state index < -0.39 is 0 Å². The van der Waals surface area contributed by atoms with Crippen LogP contribution in [-0.2, 0) is 11.3 Å². The Morgan fingerprint density at radius 3 is 2.05 bits per heavy atom. The molecule has 0 N–H and O–H groups in total. The first-order chi connectivity index (χ1) is 9.85. The molecule has 0 aliphatic heterocycles. The predicted molar refractivity (Wildman–Crippen MR) is 97.4 cm³/mol. The highest BCUT2D eigenvalue weighted by Gasteiger charge is 1.93. The Kier molecular flexibility index (Phi) is 18.8. The van der Waals surface area contributed by atoms with Crippen LogP contribution in [0.15, 0.2) is 30.3 Å². The van der Waals surface area contributed by atoms with Gasteiger partial charge < -0.3 is 4.74 Å². The lowest BCUT2D eigenvalue weighted by Gasteiger charge is -2.04. The van der Waals surface area contributed by atoms with Gasteiger partial charge in [0.2, 0.25) is 0 Å². The number of rotatable bonds is 10. The minimum Gasteiger partial charge on any atom is -0.377 e. The summed E-state index contributed by atoms with van der Waals surface area (Å²) in [4.78, 5) is 0. The molecule has 1 nitrogen and oxygen atoms in total. The number of halogens is 2. The summed E-state index contributed by atoms with van der Waals surface area (Å²) < 4.78 is 5.64. The van der Waals surface area contributed by atoms with Crippen LogP contribution >= 0.6 is 25.8 Å². The highest BCUT2D eigenvalue weighted by atomic mass is 79.9. The summed E-state index contributed by atoms with van der Waals surface area (Å²) in [6, 6.07) is 10.4. The van der Waals surface area contributed by atoms with E-state index in [2.05, 4.69) is 57.0 Å². The summed E-state index contributed by atoms with van der Waals surface area (Å²) in [5.41, 5.74) is 1.27. The van der Waals surface area contributed by atoms with Gasteiger partial charge in [-0.25, -0.2) is 0 Å². The molecule has 0 atom stereocenters. The fourth-order valence-electron chi connectivity index (χ4n) is 1.85. The topological polar surface area (TPSA) is 9.23 Å². The Morgan fingerprint density at radius 1 is 0.900 bits per heavy atom. The van der Waals surface area contributed by atoms with Crippen molar-refractivity contribution in [1.29, 1.82) is 0 Å². The van der Waals surface area contributed by atoms with Crippen molar-refractivity contribution in [1.82, 2.24) is 0 Å². The highest BCUT2D eigenvalue weighted by Crippen LogP contribution is 2.07. The van der Waals surface area contributed by atoms with E-state index in [9.17, 15) is 0 Å². The van der Waals surface area contributed by atoms with Gasteiger partial charge in [-0.3, -0.25) is 25.8 Å². The van der Waals surface area contributed by atoms with E-state index in [-0.39, 0.29) is 16.0 Å². The van der Waals surface area contributed by atoms with Crippen LogP contribution in [0.3, 0.4) is 0 Å². The van der Waals surface area contributed by atoms with E-state index in [0.717, 1.165) is 19.6 Å². The summed E-state index contributed by atoms with van der Waals surface area (Å²) in [6.45, 7) is 5.50. The smallest absolute Gasteiger partial charge is 0.377 e. The van der Waals surface area contributed by atoms with Crippen LogP contribution in [0.4, 0.5) is 0 Å². The molecule has 0 amide bonds. The molecule has 4 heteroatoms. The van der Waals surface area contributed by atoms with Crippen LogP contribution in [-0.4, -0.2) is 22.6 Å². The minimum atomic E-state index is 0.0417. The summed E-state index contributed by atoms with van der Waals surface area (Å²) in [5, 5.41) is 0. The second-order valence-corrected chi connectivity index (χ2v) is 12.7. The maximum Gasteiger partial charge on any atom is 0.560 e. The Hall–Kier alpha value is 0.906. The third kappa shape index (κ3) is 15.3. The van der Waals surface area contributed by atoms with Crippen molar-refractivity contribution in [2.45, 2.75) is 51.6 Å². The number of hydrogen-bond acceptors (Lipinski definition) is 1. The molecule has 0 aliphatic rings. The van der Waals surface area contributed by atoms with Crippen molar-refractivity contribution >= 4 is 41.8 Å². The van der Waals surface area contributed by atoms with Gasteiger partial charge in [-0.05, 0) is 12.0 Å². The molecule has 0 aromatic heterocycles. The molecule has 0 fully saturated rings.